The number of rotatable bonds is 4. The first kappa shape index (κ1) is 10.4. The van der Waals surface area contributed by atoms with Crippen LogP contribution in [0.3, 0.4) is 0 Å². The number of ether oxygens (including phenoxy) is 1. The van der Waals surface area contributed by atoms with Crippen molar-refractivity contribution in [2.24, 2.45) is 7.05 Å². The molecule has 5 nitrogen and oxygen atoms in total. The first-order valence-electron chi connectivity index (χ1n) is 4.23. The molecular formula is C9H12N2O3. The predicted molar refractivity (Wildman–Crippen MR) is 48.9 cm³/mol. The van der Waals surface area contributed by atoms with Crippen LogP contribution in [0.1, 0.15) is 22.5 Å². The Morgan fingerprint density at radius 2 is 2.43 bits per heavy atom. The second kappa shape index (κ2) is 4.55. The maximum atomic E-state index is 11.2. The van der Waals surface area contributed by atoms with Crippen molar-refractivity contribution in [3.8, 4) is 0 Å². The molecule has 1 heterocycles. The SMILES string of the molecule is COC(=O)c1nn(C)cc1CCC=O. The molecule has 0 spiro atoms. The van der Waals surface area contributed by atoms with E-state index in [-0.39, 0.29) is 5.69 Å². The van der Waals surface area contributed by atoms with Crippen LogP contribution < -0.4 is 0 Å². The Morgan fingerprint density at radius 1 is 1.71 bits per heavy atom. The molecule has 1 rings (SSSR count). The fraction of sp³-hybridized carbons (Fsp3) is 0.444. The van der Waals surface area contributed by atoms with Crippen molar-refractivity contribution >= 4 is 12.3 Å². The molecule has 0 unspecified atom stereocenters. The van der Waals surface area contributed by atoms with Gasteiger partial charge in [-0.05, 0) is 6.42 Å². The summed E-state index contributed by atoms with van der Waals surface area (Å²) < 4.78 is 6.10. The van der Waals surface area contributed by atoms with E-state index in [9.17, 15) is 9.59 Å². The Balaban J connectivity index is 2.90. The lowest BCUT2D eigenvalue weighted by Crippen LogP contribution is -2.06. The highest BCUT2D eigenvalue weighted by molar-refractivity contribution is 5.88. The van der Waals surface area contributed by atoms with Gasteiger partial charge in [-0.15, -0.1) is 0 Å². The van der Waals surface area contributed by atoms with Gasteiger partial charge in [0.25, 0.3) is 0 Å². The van der Waals surface area contributed by atoms with Gasteiger partial charge in [-0.3, -0.25) is 4.68 Å². The zero-order valence-corrected chi connectivity index (χ0v) is 8.19. The zero-order chi connectivity index (χ0) is 10.6. The molecule has 0 aliphatic carbocycles. The molecule has 0 bridgehead atoms. The molecule has 0 saturated carbocycles. The largest absolute Gasteiger partial charge is 0.464 e. The molecule has 0 radical (unpaired) electrons. The number of carbonyl (C=O) groups is 2. The van der Waals surface area contributed by atoms with Crippen LogP contribution in [0, 0.1) is 0 Å². The van der Waals surface area contributed by atoms with Crippen molar-refractivity contribution < 1.29 is 14.3 Å². The summed E-state index contributed by atoms with van der Waals surface area (Å²) in [5, 5.41) is 3.96. The molecule has 14 heavy (non-hydrogen) atoms. The van der Waals surface area contributed by atoms with Gasteiger partial charge in [0.15, 0.2) is 5.69 Å². The van der Waals surface area contributed by atoms with E-state index >= 15 is 0 Å². The normalized spacial score (nSPS) is 9.86. The third-order valence-electron chi connectivity index (χ3n) is 1.81. The van der Waals surface area contributed by atoms with E-state index < -0.39 is 5.97 Å². The van der Waals surface area contributed by atoms with E-state index in [2.05, 4.69) is 9.84 Å². The van der Waals surface area contributed by atoms with E-state index in [4.69, 9.17) is 0 Å². The van der Waals surface area contributed by atoms with Crippen molar-refractivity contribution in [2.45, 2.75) is 12.8 Å². The third-order valence-corrected chi connectivity index (χ3v) is 1.81. The van der Waals surface area contributed by atoms with Crippen molar-refractivity contribution in [1.29, 1.82) is 0 Å². The lowest BCUT2D eigenvalue weighted by atomic mass is 10.1. The second-order valence-corrected chi connectivity index (χ2v) is 2.87. The lowest BCUT2D eigenvalue weighted by molar-refractivity contribution is -0.107. The summed E-state index contributed by atoms with van der Waals surface area (Å²) in [5.74, 6) is -0.466. The number of esters is 1. The zero-order valence-electron chi connectivity index (χ0n) is 8.19. The summed E-state index contributed by atoms with van der Waals surface area (Å²) in [7, 11) is 3.03. The highest BCUT2D eigenvalue weighted by atomic mass is 16.5. The maximum Gasteiger partial charge on any atom is 0.358 e. The highest BCUT2D eigenvalue weighted by Crippen LogP contribution is 2.09. The van der Waals surface area contributed by atoms with Gasteiger partial charge in [0, 0.05) is 25.2 Å². The van der Waals surface area contributed by atoms with Gasteiger partial charge >= 0.3 is 5.97 Å². The van der Waals surface area contributed by atoms with Gasteiger partial charge in [0.2, 0.25) is 0 Å². The average Bonchev–Trinajstić information content (AvgIpc) is 2.55. The average molecular weight is 196 g/mol. The van der Waals surface area contributed by atoms with E-state index in [1.165, 1.54) is 11.8 Å². The number of hydrogen-bond acceptors (Lipinski definition) is 4. The summed E-state index contributed by atoms with van der Waals surface area (Å²) in [6, 6.07) is 0. The minimum Gasteiger partial charge on any atom is -0.464 e. The van der Waals surface area contributed by atoms with Crippen LogP contribution in [0.25, 0.3) is 0 Å². The fourth-order valence-electron chi connectivity index (χ4n) is 1.20. The molecule has 0 saturated heterocycles. The topological polar surface area (TPSA) is 61.2 Å². The second-order valence-electron chi connectivity index (χ2n) is 2.87. The van der Waals surface area contributed by atoms with Gasteiger partial charge in [-0.25, -0.2) is 4.79 Å². The van der Waals surface area contributed by atoms with E-state index in [0.29, 0.717) is 12.8 Å². The van der Waals surface area contributed by atoms with Gasteiger partial charge < -0.3 is 9.53 Å². The fourth-order valence-corrected chi connectivity index (χ4v) is 1.20. The van der Waals surface area contributed by atoms with Gasteiger partial charge in [-0.1, -0.05) is 0 Å². The molecule has 0 N–H and O–H groups in total. The molecule has 0 amide bonds. The molecule has 0 aliphatic rings. The number of methoxy groups -OCH3 is 1. The quantitative estimate of drug-likeness (QED) is 0.514. The van der Waals surface area contributed by atoms with Crippen LogP contribution in [0.5, 0.6) is 0 Å². The summed E-state index contributed by atoms with van der Waals surface area (Å²) >= 11 is 0. The van der Waals surface area contributed by atoms with Crippen LogP contribution >= 0.6 is 0 Å². The van der Waals surface area contributed by atoms with Crippen LogP contribution in [0.2, 0.25) is 0 Å². The Morgan fingerprint density at radius 3 is 3.00 bits per heavy atom. The summed E-state index contributed by atoms with van der Waals surface area (Å²) in [6.45, 7) is 0. The summed E-state index contributed by atoms with van der Waals surface area (Å²) in [6.07, 6.45) is 3.43. The van der Waals surface area contributed by atoms with Crippen molar-refractivity contribution in [3.05, 3.63) is 17.5 Å². The lowest BCUT2D eigenvalue weighted by Gasteiger charge is -1.96. The van der Waals surface area contributed by atoms with Crippen molar-refractivity contribution in [1.82, 2.24) is 9.78 Å². The standard InChI is InChI=1S/C9H12N2O3/c1-11-6-7(4-3-5-12)8(10-11)9(13)14-2/h5-6H,3-4H2,1-2H3. The molecular weight excluding hydrogens is 184 g/mol. The van der Waals surface area contributed by atoms with Crippen LogP contribution in [0.4, 0.5) is 0 Å². The molecule has 0 aliphatic heterocycles. The summed E-state index contributed by atoms with van der Waals surface area (Å²) in [4.78, 5) is 21.4. The summed E-state index contributed by atoms with van der Waals surface area (Å²) in [5.41, 5.74) is 1.03. The van der Waals surface area contributed by atoms with Crippen molar-refractivity contribution in [3.63, 3.8) is 0 Å². The van der Waals surface area contributed by atoms with E-state index in [1.807, 2.05) is 0 Å². The molecule has 1 aromatic heterocycles. The third kappa shape index (κ3) is 2.18. The monoisotopic (exact) mass is 196 g/mol. The molecule has 0 fully saturated rings. The van der Waals surface area contributed by atoms with E-state index in [0.717, 1.165) is 11.8 Å². The first-order valence-corrected chi connectivity index (χ1v) is 4.23. The van der Waals surface area contributed by atoms with Gasteiger partial charge in [-0.2, -0.15) is 5.10 Å². The van der Waals surface area contributed by atoms with Gasteiger partial charge in [0.1, 0.15) is 6.29 Å². The predicted octanol–water partition coefficient (Wildman–Crippen LogP) is 0.338. The first-order chi connectivity index (χ1) is 6.69. The number of nitrogens with zero attached hydrogens (tertiary/aromatic N) is 2. The number of hydrogen-bond donors (Lipinski definition) is 0. The van der Waals surface area contributed by atoms with Crippen LogP contribution in [0.15, 0.2) is 6.20 Å². The molecule has 0 aromatic carbocycles. The number of carbonyl (C=O) groups excluding carboxylic acids is 2. The Kier molecular flexibility index (Phi) is 3.39. The smallest absolute Gasteiger partial charge is 0.358 e. The van der Waals surface area contributed by atoms with Crippen molar-refractivity contribution in [2.75, 3.05) is 7.11 Å². The Labute approximate surface area is 81.7 Å². The maximum absolute atomic E-state index is 11.2. The van der Waals surface area contributed by atoms with Crippen LogP contribution in [-0.4, -0.2) is 29.1 Å². The minimum atomic E-state index is -0.466. The molecule has 76 valence electrons. The number of aryl methyl sites for hydroxylation is 2. The highest BCUT2D eigenvalue weighted by Gasteiger charge is 2.15. The molecule has 0 atom stereocenters. The van der Waals surface area contributed by atoms with E-state index in [1.54, 1.807) is 13.2 Å². The minimum absolute atomic E-state index is 0.289. The Bertz CT molecular complexity index is 344. The number of aromatic nitrogens is 2. The van der Waals surface area contributed by atoms with Gasteiger partial charge in [0.05, 0.1) is 7.11 Å². The molecule has 1 aromatic rings. The molecule has 5 heteroatoms. The van der Waals surface area contributed by atoms with Crippen LogP contribution in [-0.2, 0) is 23.0 Å². The Hall–Kier alpha value is -1.65. The number of aldehydes is 1.